The molecule has 0 aliphatic heterocycles. The molecule has 0 saturated carbocycles. The van der Waals surface area contributed by atoms with Crippen LogP contribution in [0, 0.1) is 6.92 Å². The molecule has 2 aromatic heterocycles. The van der Waals surface area contributed by atoms with Gasteiger partial charge in [-0.1, -0.05) is 5.16 Å². The fraction of sp³-hybridized carbons (Fsp3) is 0.375. The van der Waals surface area contributed by atoms with Gasteiger partial charge < -0.3 is 9.63 Å². The Kier molecular flexibility index (Phi) is 3.41. The fourth-order valence-electron chi connectivity index (χ4n) is 1.29. The van der Waals surface area contributed by atoms with Crippen LogP contribution in [0.5, 0.6) is 0 Å². The molecule has 0 saturated heterocycles. The smallest absolute Gasteiger partial charge is 0.258 e. The van der Waals surface area contributed by atoms with E-state index in [1.54, 1.807) is 6.92 Å². The summed E-state index contributed by atoms with van der Waals surface area (Å²) < 4.78 is 30.7. The molecular weight excluding hydrogens is 262 g/mol. The summed E-state index contributed by atoms with van der Waals surface area (Å²) in [5, 5.41) is 18.2. The number of hydrogen-bond donors (Lipinski definition) is 3. The molecule has 2 aromatic rings. The third-order valence-corrected chi connectivity index (χ3v) is 3.52. The van der Waals surface area contributed by atoms with Gasteiger partial charge in [-0.2, -0.15) is 10.1 Å². The molecule has 3 N–H and O–H groups in total. The molecule has 0 bridgehead atoms. The molecule has 0 fully saturated rings. The van der Waals surface area contributed by atoms with Crippen LogP contribution in [0.4, 0.5) is 0 Å². The van der Waals surface area contributed by atoms with E-state index in [1.807, 2.05) is 0 Å². The molecule has 0 aliphatic rings. The first-order valence-corrected chi connectivity index (χ1v) is 6.43. The van der Waals surface area contributed by atoms with Crippen LogP contribution in [0.1, 0.15) is 17.3 Å². The van der Waals surface area contributed by atoms with Crippen LogP contribution < -0.4 is 4.72 Å². The van der Waals surface area contributed by atoms with Crippen molar-refractivity contribution in [1.29, 1.82) is 0 Å². The van der Waals surface area contributed by atoms with Gasteiger partial charge >= 0.3 is 0 Å². The van der Waals surface area contributed by atoms with Gasteiger partial charge in [-0.15, -0.1) is 0 Å². The topological polar surface area (TPSA) is 134 Å². The first-order valence-electron chi connectivity index (χ1n) is 4.95. The zero-order valence-corrected chi connectivity index (χ0v) is 10.2. The van der Waals surface area contributed by atoms with Crippen LogP contribution in [0.25, 0.3) is 0 Å². The van der Waals surface area contributed by atoms with Crippen molar-refractivity contribution in [1.82, 2.24) is 25.1 Å². The van der Waals surface area contributed by atoms with Crippen molar-refractivity contribution in [2.75, 3.05) is 0 Å². The second-order valence-corrected chi connectivity index (χ2v) is 5.14. The van der Waals surface area contributed by atoms with E-state index in [9.17, 15) is 8.42 Å². The zero-order chi connectivity index (χ0) is 13.2. The highest BCUT2D eigenvalue weighted by Gasteiger charge is 2.20. The Morgan fingerprint density at radius 3 is 2.94 bits per heavy atom. The Hall–Kier alpha value is -1.78. The van der Waals surface area contributed by atoms with Gasteiger partial charge in [0.25, 0.3) is 10.0 Å². The van der Waals surface area contributed by atoms with Gasteiger partial charge in [0.15, 0.2) is 10.9 Å². The molecule has 9 nitrogen and oxygen atoms in total. The summed E-state index contributed by atoms with van der Waals surface area (Å²) in [6.45, 7) is 1.07. The SMILES string of the molecule is Cc1nc(CNS(=O)(=O)c2[nH]ncc2CO)no1. The Balaban J connectivity index is 2.13. The minimum atomic E-state index is -3.80. The van der Waals surface area contributed by atoms with Crippen molar-refractivity contribution in [3.05, 3.63) is 23.5 Å². The molecule has 0 aliphatic carbocycles. The van der Waals surface area contributed by atoms with Gasteiger partial charge in [-0.3, -0.25) is 5.10 Å². The molecule has 2 rings (SSSR count). The van der Waals surface area contributed by atoms with Crippen LogP contribution in [-0.4, -0.2) is 33.9 Å². The average Bonchev–Trinajstić information content (AvgIpc) is 2.95. The lowest BCUT2D eigenvalue weighted by atomic mass is 10.4. The third kappa shape index (κ3) is 2.55. The number of aliphatic hydroxyl groups is 1. The number of aromatic amines is 1. The van der Waals surface area contributed by atoms with Crippen LogP contribution in [-0.2, 0) is 23.2 Å². The number of H-pyrrole nitrogens is 1. The van der Waals surface area contributed by atoms with Crippen molar-refractivity contribution < 1.29 is 18.0 Å². The quantitative estimate of drug-likeness (QED) is 0.640. The summed E-state index contributed by atoms with van der Waals surface area (Å²) in [7, 11) is -3.80. The van der Waals surface area contributed by atoms with E-state index >= 15 is 0 Å². The van der Waals surface area contributed by atoms with Crippen LogP contribution in [0.2, 0.25) is 0 Å². The number of rotatable bonds is 5. The number of sulfonamides is 1. The lowest BCUT2D eigenvalue weighted by Crippen LogP contribution is -2.25. The van der Waals surface area contributed by atoms with Crippen molar-refractivity contribution in [2.24, 2.45) is 0 Å². The highest BCUT2D eigenvalue weighted by molar-refractivity contribution is 7.89. The van der Waals surface area contributed by atoms with Crippen molar-refractivity contribution in [3.63, 3.8) is 0 Å². The van der Waals surface area contributed by atoms with E-state index in [1.165, 1.54) is 6.20 Å². The first-order chi connectivity index (χ1) is 8.53. The molecule has 0 spiro atoms. The molecule has 18 heavy (non-hydrogen) atoms. The molecule has 0 radical (unpaired) electrons. The van der Waals surface area contributed by atoms with E-state index in [2.05, 4.69) is 25.1 Å². The summed E-state index contributed by atoms with van der Waals surface area (Å²) in [4.78, 5) is 3.86. The molecule has 10 heteroatoms. The molecule has 0 amide bonds. The average molecular weight is 273 g/mol. The zero-order valence-electron chi connectivity index (χ0n) is 9.41. The van der Waals surface area contributed by atoms with E-state index < -0.39 is 16.6 Å². The third-order valence-electron chi connectivity index (χ3n) is 2.11. The van der Waals surface area contributed by atoms with Crippen molar-refractivity contribution in [3.8, 4) is 0 Å². The maximum absolute atomic E-state index is 11.9. The second kappa shape index (κ2) is 4.84. The number of nitrogens with zero attached hydrogens (tertiary/aromatic N) is 3. The van der Waals surface area contributed by atoms with E-state index in [-0.39, 0.29) is 23.0 Å². The molecule has 0 unspecified atom stereocenters. The van der Waals surface area contributed by atoms with Gasteiger partial charge in [0.05, 0.1) is 19.3 Å². The fourth-order valence-corrected chi connectivity index (χ4v) is 2.39. The Morgan fingerprint density at radius 2 is 2.33 bits per heavy atom. The van der Waals surface area contributed by atoms with Crippen LogP contribution >= 0.6 is 0 Å². The first kappa shape index (κ1) is 12.7. The summed E-state index contributed by atoms with van der Waals surface area (Å²) in [5.41, 5.74) is 0.187. The Labute approximate surface area is 102 Å². The van der Waals surface area contributed by atoms with Gasteiger partial charge in [-0.25, -0.2) is 13.1 Å². The van der Waals surface area contributed by atoms with Gasteiger partial charge in [0, 0.05) is 12.5 Å². The number of aliphatic hydroxyl groups excluding tert-OH is 1. The predicted octanol–water partition coefficient (Wildman–Crippen LogP) is -0.928. The van der Waals surface area contributed by atoms with Gasteiger partial charge in [0.2, 0.25) is 5.89 Å². The Morgan fingerprint density at radius 1 is 1.56 bits per heavy atom. The highest BCUT2D eigenvalue weighted by atomic mass is 32.2. The standard InChI is InChI=1S/C8H11N5O4S/c1-5-11-7(13-17-5)3-10-18(15,16)8-6(4-14)2-9-12-8/h2,10,14H,3-4H2,1H3,(H,9,12). The van der Waals surface area contributed by atoms with E-state index in [0.29, 0.717) is 5.89 Å². The van der Waals surface area contributed by atoms with Gasteiger partial charge in [-0.05, 0) is 0 Å². The summed E-state index contributed by atoms with van der Waals surface area (Å²) in [6.07, 6.45) is 1.24. The summed E-state index contributed by atoms with van der Waals surface area (Å²) in [5.74, 6) is 0.572. The number of hydrogen-bond acceptors (Lipinski definition) is 7. The van der Waals surface area contributed by atoms with Crippen LogP contribution in [0.15, 0.2) is 15.7 Å². The highest BCUT2D eigenvalue weighted by Crippen LogP contribution is 2.11. The van der Waals surface area contributed by atoms with E-state index in [4.69, 9.17) is 9.63 Å². The molecule has 2 heterocycles. The lowest BCUT2D eigenvalue weighted by Gasteiger charge is -2.03. The van der Waals surface area contributed by atoms with Gasteiger partial charge in [0.1, 0.15) is 0 Å². The monoisotopic (exact) mass is 273 g/mol. The molecule has 98 valence electrons. The maximum atomic E-state index is 11.9. The summed E-state index contributed by atoms with van der Waals surface area (Å²) in [6, 6.07) is 0. The summed E-state index contributed by atoms with van der Waals surface area (Å²) >= 11 is 0. The van der Waals surface area contributed by atoms with Crippen LogP contribution in [0.3, 0.4) is 0 Å². The normalized spacial score (nSPS) is 11.9. The van der Waals surface area contributed by atoms with Crippen molar-refractivity contribution >= 4 is 10.0 Å². The molecular formula is C8H11N5O4S. The second-order valence-electron chi connectivity index (χ2n) is 3.44. The predicted molar refractivity (Wildman–Crippen MR) is 57.6 cm³/mol. The Bertz CT molecular complexity index is 631. The van der Waals surface area contributed by atoms with Crippen molar-refractivity contribution in [2.45, 2.75) is 25.1 Å². The number of aromatic nitrogens is 4. The van der Waals surface area contributed by atoms with E-state index in [0.717, 1.165) is 0 Å². The minimum absolute atomic E-state index is 0.108. The molecule has 0 atom stereocenters. The number of aryl methyl sites for hydroxylation is 1. The number of nitrogens with one attached hydrogen (secondary N) is 2. The molecule has 0 aromatic carbocycles. The minimum Gasteiger partial charge on any atom is -0.392 e. The lowest BCUT2D eigenvalue weighted by molar-refractivity contribution is 0.278. The largest absolute Gasteiger partial charge is 0.392 e. The maximum Gasteiger partial charge on any atom is 0.258 e.